The highest BCUT2D eigenvalue weighted by molar-refractivity contribution is 6.47. The molecule has 0 saturated carbocycles. The Balaban J connectivity index is 2.32. The average molecular weight is 300 g/mol. The van der Waals surface area contributed by atoms with Gasteiger partial charge in [-0.25, -0.2) is 0 Å². The first-order valence-corrected chi connectivity index (χ1v) is 7.03. The van der Waals surface area contributed by atoms with Crippen LogP contribution in [-0.2, 0) is 11.8 Å². The molecule has 0 aliphatic heterocycles. The summed E-state index contributed by atoms with van der Waals surface area (Å²) in [7, 11) is 1.75. The summed E-state index contributed by atoms with van der Waals surface area (Å²) in [5.74, 6) is -1.25. The summed E-state index contributed by atoms with van der Waals surface area (Å²) in [5, 5.41) is 6.85. The molecule has 0 aliphatic carbocycles. The molecule has 0 unspecified atom stereocenters. The van der Waals surface area contributed by atoms with Crippen LogP contribution < -0.4 is 5.32 Å². The summed E-state index contributed by atoms with van der Waals surface area (Å²) in [4.78, 5) is 29.0. The van der Waals surface area contributed by atoms with Gasteiger partial charge in [-0.3, -0.25) is 19.3 Å². The van der Waals surface area contributed by atoms with Gasteiger partial charge < -0.3 is 5.32 Å². The molecule has 2 rings (SSSR count). The molecule has 0 radical (unpaired) electrons. The Labute approximate surface area is 129 Å². The van der Waals surface area contributed by atoms with Crippen LogP contribution in [0.1, 0.15) is 38.7 Å². The van der Waals surface area contributed by atoms with E-state index in [0.29, 0.717) is 28.3 Å². The van der Waals surface area contributed by atoms with Gasteiger partial charge in [0.2, 0.25) is 0 Å². The first kappa shape index (κ1) is 15.9. The van der Waals surface area contributed by atoms with E-state index in [2.05, 4.69) is 15.4 Å². The van der Waals surface area contributed by atoms with Crippen molar-refractivity contribution >= 4 is 17.4 Å². The number of pyridine rings is 1. The van der Waals surface area contributed by atoms with E-state index in [0.717, 1.165) is 11.3 Å². The SMILES string of the molecule is Cc1cc(C)c(NC(=O)C(=O)c2c(C)nn(C)c2C)c(C)n1. The quantitative estimate of drug-likeness (QED) is 0.696. The molecular formula is C16H20N4O2. The van der Waals surface area contributed by atoms with Crippen LogP contribution in [-0.4, -0.2) is 26.5 Å². The van der Waals surface area contributed by atoms with Crippen molar-refractivity contribution < 1.29 is 9.59 Å². The van der Waals surface area contributed by atoms with Crippen LogP contribution in [0.25, 0.3) is 0 Å². The molecule has 0 aliphatic rings. The topological polar surface area (TPSA) is 76.9 Å². The number of amides is 1. The van der Waals surface area contributed by atoms with Gasteiger partial charge >= 0.3 is 0 Å². The molecule has 0 atom stereocenters. The molecule has 2 aromatic heterocycles. The third-order valence-electron chi connectivity index (χ3n) is 3.71. The number of rotatable bonds is 3. The Hall–Kier alpha value is -2.50. The summed E-state index contributed by atoms with van der Waals surface area (Å²) in [6, 6.07) is 1.87. The van der Waals surface area contributed by atoms with Gasteiger partial charge in [-0.15, -0.1) is 0 Å². The van der Waals surface area contributed by atoms with Crippen LogP contribution in [0.15, 0.2) is 6.07 Å². The fraction of sp³-hybridized carbons (Fsp3) is 0.375. The largest absolute Gasteiger partial charge is 0.317 e. The van der Waals surface area contributed by atoms with Gasteiger partial charge in [-0.2, -0.15) is 5.10 Å². The number of hydrogen-bond acceptors (Lipinski definition) is 4. The van der Waals surface area contributed by atoms with Gasteiger partial charge in [-0.1, -0.05) is 0 Å². The number of hydrogen-bond donors (Lipinski definition) is 1. The van der Waals surface area contributed by atoms with Crippen molar-refractivity contribution in [3.05, 3.63) is 40.0 Å². The molecule has 0 aromatic carbocycles. The molecule has 0 spiro atoms. The second kappa shape index (κ2) is 5.71. The number of nitrogens with zero attached hydrogens (tertiary/aromatic N) is 3. The van der Waals surface area contributed by atoms with Crippen molar-refractivity contribution in [3.63, 3.8) is 0 Å². The lowest BCUT2D eigenvalue weighted by molar-refractivity contribution is -0.112. The van der Waals surface area contributed by atoms with Crippen LogP contribution in [0.5, 0.6) is 0 Å². The number of Topliss-reactive ketones (excluding diaryl/α,β-unsaturated/α-hetero) is 1. The summed E-state index contributed by atoms with van der Waals surface area (Å²) in [6.07, 6.45) is 0. The number of carbonyl (C=O) groups excluding carboxylic acids is 2. The zero-order chi connectivity index (χ0) is 16.6. The van der Waals surface area contributed by atoms with E-state index in [4.69, 9.17) is 0 Å². The highest BCUT2D eigenvalue weighted by Crippen LogP contribution is 2.20. The zero-order valence-electron chi connectivity index (χ0n) is 13.7. The lowest BCUT2D eigenvalue weighted by Gasteiger charge is -2.11. The van der Waals surface area contributed by atoms with E-state index in [1.54, 1.807) is 32.5 Å². The lowest BCUT2D eigenvalue weighted by Crippen LogP contribution is -2.25. The summed E-state index contributed by atoms with van der Waals surface area (Å²) >= 11 is 0. The maximum Gasteiger partial charge on any atom is 0.296 e. The van der Waals surface area contributed by atoms with Crippen molar-refractivity contribution in [2.24, 2.45) is 7.05 Å². The van der Waals surface area contributed by atoms with Crippen molar-refractivity contribution in [3.8, 4) is 0 Å². The molecule has 6 nitrogen and oxygen atoms in total. The van der Waals surface area contributed by atoms with E-state index in [1.165, 1.54) is 0 Å². The Morgan fingerprint density at radius 1 is 1.09 bits per heavy atom. The predicted molar refractivity (Wildman–Crippen MR) is 84.1 cm³/mol. The molecular weight excluding hydrogens is 280 g/mol. The van der Waals surface area contributed by atoms with E-state index >= 15 is 0 Å². The smallest absolute Gasteiger partial charge is 0.296 e. The maximum atomic E-state index is 12.4. The van der Waals surface area contributed by atoms with Gasteiger partial charge in [-0.05, 0) is 46.2 Å². The van der Waals surface area contributed by atoms with Gasteiger partial charge in [0.15, 0.2) is 0 Å². The first-order valence-electron chi connectivity index (χ1n) is 7.03. The van der Waals surface area contributed by atoms with Gasteiger partial charge in [0.25, 0.3) is 11.7 Å². The van der Waals surface area contributed by atoms with Crippen molar-refractivity contribution in [1.82, 2.24) is 14.8 Å². The van der Waals surface area contributed by atoms with Crippen LogP contribution in [0, 0.1) is 34.6 Å². The summed E-state index contributed by atoms with van der Waals surface area (Å²) in [6.45, 7) is 9.06. The van der Waals surface area contributed by atoms with E-state index in [1.807, 2.05) is 19.9 Å². The molecule has 116 valence electrons. The highest BCUT2D eigenvalue weighted by Gasteiger charge is 2.24. The zero-order valence-corrected chi connectivity index (χ0v) is 13.7. The molecule has 22 heavy (non-hydrogen) atoms. The first-order chi connectivity index (χ1) is 10.2. The fourth-order valence-electron chi connectivity index (χ4n) is 2.60. The number of nitrogens with one attached hydrogen (secondary N) is 1. The van der Waals surface area contributed by atoms with Gasteiger partial charge in [0.1, 0.15) is 0 Å². The number of carbonyl (C=O) groups is 2. The number of aryl methyl sites for hydroxylation is 5. The highest BCUT2D eigenvalue weighted by atomic mass is 16.2. The summed E-state index contributed by atoms with van der Waals surface area (Å²) < 4.78 is 1.60. The fourth-order valence-corrected chi connectivity index (χ4v) is 2.60. The van der Waals surface area contributed by atoms with Crippen molar-refractivity contribution in [2.45, 2.75) is 34.6 Å². The Kier molecular flexibility index (Phi) is 4.12. The third-order valence-corrected chi connectivity index (χ3v) is 3.71. The standard InChI is InChI=1S/C16H20N4O2/c1-8-7-9(2)17-11(4)14(8)18-16(22)15(21)13-10(3)19-20(6)12(13)5/h7H,1-6H3,(H,18,22). The minimum absolute atomic E-state index is 0.357. The minimum atomic E-state index is -0.670. The van der Waals surface area contributed by atoms with Crippen molar-refractivity contribution in [1.29, 1.82) is 0 Å². The van der Waals surface area contributed by atoms with Gasteiger partial charge in [0.05, 0.1) is 22.6 Å². The van der Waals surface area contributed by atoms with Gasteiger partial charge in [0, 0.05) is 18.4 Å². The number of aromatic nitrogens is 3. The second-order valence-corrected chi connectivity index (χ2v) is 5.49. The molecule has 0 fully saturated rings. The van der Waals surface area contributed by atoms with E-state index < -0.39 is 11.7 Å². The molecule has 2 heterocycles. The second-order valence-electron chi connectivity index (χ2n) is 5.49. The molecule has 1 N–H and O–H groups in total. The van der Waals surface area contributed by atoms with Crippen LogP contribution in [0.2, 0.25) is 0 Å². The Morgan fingerprint density at radius 3 is 2.23 bits per heavy atom. The van der Waals surface area contributed by atoms with Crippen LogP contribution >= 0.6 is 0 Å². The molecule has 2 aromatic rings. The minimum Gasteiger partial charge on any atom is -0.317 e. The van der Waals surface area contributed by atoms with Crippen LogP contribution in [0.3, 0.4) is 0 Å². The molecule has 6 heteroatoms. The maximum absolute atomic E-state index is 12.4. The molecule has 0 bridgehead atoms. The van der Waals surface area contributed by atoms with Crippen molar-refractivity contribution in [2.75, 3.05) is 5.32 Å². The third kappa shape index (κ3) is 2.77. The Bertz CT molecular complexity index is 752. The normalized spacial score (nSPS) is 10.6. The number of ketones is 1. The van der Waals surface area contributed by atoms with E-state index in [9.17, 15) is 9.59 Å². The molecule has 1 amide bonds. The molecule has 0 saturated heterocycles. The van der Waals surface area contributed by atoms with Crippen LogP contribution in [0.4, 0.5) is 5.69 Å². The predicted octanol–water partition coefficient (Wildman–Crippen LogP) is 2.18. The lowest BCUT2D eigenvalue weighted by atomic mass is 10.1. The summed E-state index contributed by atoms with van der Waals surface area (Å²) in [5.41, 5.74) is 4.62. The Morgan fingerprint density at radius 2 is 1.73 bits per heavy atom. The van der Waals surface area contributed by atoms with E-state index in [-0.39, 0.29) is 0 Å². The monoisotopic (exact) mass is 300 g/mol. The number of anilines is 1. The average Bonchev–Trinajstić information content (AvgIpc) is 2.66.